The summed E-state index contributed by atoms with van der Waals surface area (Å²) in [6.07, 6.45) is 0. The molecule has 0 rings (SSSR count). The summed E-state index contributed by atoms with van der Waals surface area (Å²) < 4.78 is 0. The summed E-state index contributed by atoms with van der Waals surface area (Å²) in [5, 5.41) is 0. The molecule has 0 aliphatic carbocycles. The summed E-state index contributed by atoms with van der Waals surface area (Å²) in [6.45, 7) is 0. The molecule has 0 amide bonds. The number of hydrogen-bond donors (Lipinski definition) is 0. The minimum Gasteiger partial charge on any atom is -0.870 e. The molecule has 2 radical (unpaired) electrons. The topological polar surface area (TPSA) is 30.0 Å². The van der Waals surface area contributed by atoms with Gasteiger partial charge in [0.2, 0.25) is 0 Å². The monoisotopic (exact) mass is 352 g/mol. The molecule has 0 aromatic heterocycles. The average Bonchev–Trinajstić information content (AvgIpc) is 0. The molecule has 0 saturated heterocycles. The maximum atomic E-state index is 0. The van der Waals surface area contributed by atoms with Gasteiger partial charge in [-0.25, -0.2) is 0 Å². The fourth-order valence-electron chi connectivity index (χ4n) is 0. The SMILES string of the molecule is [BaH+].[Cr].[Cu].[MgH2].[Mn].[OH-]. The van der Waals surface area contributed by atoms with Crippen LogP contribution in [0.5, 0.6) is 0 Å². The van der Waals surface area contributed by atoms with Crippen molar-refractivity contribution in [1.29, 1.82) is 0 Å². The van der Waals surface area contributed by atoms with Gasteiger partial charge >= 0.3 is 71.9 Å². The summed E-state index contributed by atoms with van der Waals surface area (Å²) in [4.78, 5) is 0. The van der Waals surface area contributed by atoms with Crippen molar-refractivity contribution in [2.75, 3.05) is 0 Å². The van der Waals surface area contributed by atoms with E-state index in [2.05, 4.69) is 0 Å². The van der Waals surface area contributed by atoms with Gasteiger partial charge in [-0.1, -0.05) is 0 Å². The maximum Gasteiger partial charge on any atom is 0.316 e. The minimum atomic E-state index is 0. The molecule has 0 aliphatic rings. The van der Waals surface area contributed by atoms with E-state index in [1.807, 2.05) is 0 Å². The molecule has 1 nitrogen and oxygen atoms in total. The molecule has 0 bridgehead atoms. The summed E-state index contributed by atoms with van der Waals surface area (Å²) in [5.74, 6) is 0. The van der Waals surface area contributed by atoms with Crippen LogP contribution in [-0.2, 0) is 51.5 Å². The van der Waals surface area contributed by atoms with E-state index in [0.717, 1.165) is 0 Å². The molecule has 0 atom stereocenters. The molecule has 38 valence electrons. The van der Waals surface area contributed by atoms with Crippen molar-refractivity contribution in [3.05, 3.63) is 0 Å². The Morgan fingerprint density at radius 1 is 1.00 bits per heavy atom. The Balaban J connectivity index is 0. The van der Waals surface area contributed by atoms with Gasteiger partial charge in [0, 0.05) is 51.5 Å². The Morgan fingerprint density at radius 2 is 1.00 bits per heavy atom. The molecule has 0 fully saturated rings. The second-order valence-corrected chi connectivity index (χ2v) is 0. The van der Waals surface area contributed by atoms with Crippen LogP contribution in [0.1, 0.15) is 0 Å². The first-order chi connectivity index (χ1) is 0. The number of hydrogen-bond acceptors (Lipinski definition) is 1. The van der Waals surface area contributed by atoms with E-state index in [4.69, 9.17) is 0 Å². The molecule has 0 spiro atoms. The molecule has 0 aromatic rings. The Kier molecular flexibility index (Phi) is 317. The first kappa shape index (κ1) is 51.9. The fourth-order valence-corrected chi connectivity index (χ4v) is 0. The summed E-state index contributed by atoms with van der Waals surface area (Å²) >= 11 is 0. The quantitative estimate of drug-likeness (QED) is 0.476. The zero-order valence-corrected chi connectivity index (χ0v) is 12.2. The predicted molar refractivity (Wildman–Crippen MR) is 17.6 cm³/mol. The smallest absolute Gasteiger partial charge is 0.316 e. The van der Waals surface area contributed by atoms with Crippen LogP contribution in [0.4, 0.5) is 0 Å². The van der Waals surface area contributed by atoms with Crippen LogP contribution in [0.25, 0.3) is 0 Å². The van der Waals surface area contributed by atoms with E-state index in [0.29, 0.717) is 0 Å². The molecule has 6 heteroatoms. The summed E-state index contributed by atoms with van der Waals surface area (Å²) in [6, 6.07) is 0. The van der Waals surface area contributed by atoms with E-state index >= 15 is 0 Å². The zero-order valence-electron chi connectivity index (χ0n) is 2.53. The first-order valence-electron chi connectivity index (χ1n) is 0. The summed E-state index contributed by atoms with van der Waals surface area (Å²) in [7, 11) is 0. The van der Waals surface area contributed by atoms with Crippen LogP contribution >= 0.6 is 0 Å². The third-order valence-corrected chi connectivity index (χ3v) is 0. The van der Waals surface area contributed by atoms with Gasteiger partial charge in [-0.3, -0.25) is 0 Å². The third-order valence-electron chi connectivity index (χ3n) is 0. The van der Waals surface area contributed by atoms with Gasteiger partial charge in [0.25, 0.3) is 0 Å². The van der Waals surface area contributed by atoms with E-state index in [-0.39, 0.29) is 129 Å². The number of rotatable bonds is 0. The molecular formula is H4BaCrCuMgMnO. The van der Waals surface area contributed by atoms with Gasteiger partial charge in [0.05, 0.1) is 0 Å². The molecule has 0 saturated carbocycles. The second kappa shape index (κ2) is 36.7. The van der Waals surface area contributed by atoms with Gasteiger partial charge in [0.1, 0.15) is 0 Å². The molecule has 0 aliphatic heterocycles. The van der Waals surface area contributed by atoms with Crippen molar-refractivity contribution in [1.82, 2.24) is 0 Å². The van der Waals surface area contributed by atoms with E-state index < -0.39 is 0 Å². The third kappa shape index (κ3) is 24.8. The van der Waals surface area contributed by atoms with Crippen LogP contribution in [0.15, 0.2) is 0 Å². The van der Waals surface area contributed by atoms with Crippen molar-refractivity contribution in [2.45, 2.75) is 0 Å². The second-order valence-electron chi connectivity index (χ2n) is 0. The van der Waals surface area contributed by atoms with Crippen molar-refractivity contribution >= 4 is 71.9 Å². The normalized spacial score (nSPS) is 0. The Bertz CT molecular complexity index is 15.5. The van der Waals surface area contributed by atoms with Gasteiger partial charge in [-0.2, -0.15) is 0 Å². The van der Waals surface area contributed by atoms with Crippen LogP contribution in [0.2, 0.25) is 0 Å². The van der Waals surface area contributed by atoms with Crippen LogP contribution < -0.4 is 0 Å². The van der Waals surface area contributed by atoms with Gasteiger partial charge < -0.3 is 5.48 Å². The molecule has 6 heavy (non-hydrogen) atoms. The van der Waals surface area contributed by atoms with Crippen molar-refractivity contribution in [3.63, 3.8) is 0 Å². The van der Waals surface area contributed by atoms with Crippen molar-refractivity contribution in [3.8, 4) is 0 Å². The van der Waals surface area contributed by atoms with E-state index in [1.54, 1.807) is 0 Å². The van der Waals surface area contributed by atoms with Crippen LogP contribution in [0, 0.1) is 0 Å². The van der Waals surface area contributed by atoms with Crippen LogP contribution in [-0.4, -0.2) is 77.4 Å². The molecule has 0 aromatic carbocycles. The average molecular weight is 352 g/mol. The summed E-state index contributed by atoms with van der Waals surface area (Å²) in [5.41, 5.74) is 0. The predicted octanol–water partition coefficient (Wildman–Crippen LogP) is -1.75. The van der Waals surface area contributed by atoms with E-state index in [9.17, 15) is 0 Å². The fraction of sp³-hybridized carbons (Fsp3) is 0. The zero-order chi connectivity index (χ0) is 0. The minimum absolute atomic E-state index is 0. The van der Waals surface area contributed by atoms with Gasteiger partial charge in [-0.15, -0.1) is 0 Å². The van der Waals surface area contributed by atoms with Crippen LogP contribution in [0.3, 0.4) is 0 Å². The standard InChI is InChI=1S/Ba.Cr.Cu.Mg.Mn.H2O.3H/h;;;;;1H2;;;/q+1;;;;;;;;/p-1. The molecule has 1 N–H and O–H groups in total. The Hall–Kier alpha value is 3.87. The maximum absolute atomic E-state index is 0. The van der Waals surface area contributed by atoms with Gasteiger partial charge in [-0.05, 0) is 0 Å². The van der Waals surface area contributed by atoms with Crippen molar-refractivity contribution in [2.24, 2.45) is 0 Å². The van der Waals surface area contributed by atoms with Gasteiger partial charge in [0.15, 0.2) is 0 Å². The largest absolute Gasteiger partial charge is 0.870 e. The molecule has 0 heterocycles. The van der Waals surface area contributed by atoms with Crippen molar-refractivity contribution < 1.29 is 57.0 Å². The van der Waals surface area contributed by atoms with E-state index in [1.165, 1.54) is 0 Å². The Morgan fingerprint density at radius 3 is 1.00 bits per heavy atom. The molecular weight excluding hydrogens is 348 g/mol. The molecule has 0 unspecified atom stereocenters. The Labute approximate surface area is 126 Å². The first-order valence-corrected chi connectivity index (χ1v) is 0.